The van der Waals surface area contributed by atoms with Crippen molar-refractivity contribution >= 4 is 5.95 Å². The average molecular weight is 286 g/mol. The summed E-state index contributed by atoms with van der Waals surface area (Å²) in [6.07, 6.45) is 1.83. The maximum atomic E-state index is 5.68. The Morgan fingerprint density at radius 1 is 1.29 bits per heavy atom. The van der Waals surface area contributed by atoms with E-state index in [9.17, 15) is 0 Å². The summed E-state index contributed by atoms with van der Waals surface area (Å²) in [6.45, 7) is 4.20. The highest BCUT2D eigenvalue weighted by Crippen LogP contribution is 2.36. The van der Waals surface area contributed by atoms with E-state index in [0.717, 1.165) is 42.7 Å². The number of nitrogens with zero attached hydrogens (tertiary/aromatic N) is 3. The number of hydrogen-bond acceptors (Lipinski definition) is 5. The van der Waals surface area contributed by atoms with Crippen LogP contribution in [0.15, 0.2) is 18.2 Å². The Labute approximate surface area is 123 Å². The maximum absolute atomic E-state index is 5.68. The monoisotopic (exact) mass is 286 g/mol. The largest absolute Gasteiger partial charge is 0.486 e. The average Bonchev–Trinajstić information content (AvgIpc) is 2.97. The Bertz CT molecular complexity index is 668. The minimum absolute atomic E-state index is 0.199. The Morgan fingerprint density at radius 2 is 2.14 bits per heavy atom. The molecule has 1 atom stereocenters. The van der Waals surface area contributed by atoms with Crippen LogP contribution in [0.2, 0.25) is 0 Å². The molecular formula is C15H18N4O2. The van der Waals surface area contributed by atoms with Crippen LogP contribution in [0.4, 0.5) is 5.95 Å². The van der Waals surface area contributed by atoms with Crippen LogP contribution in [-0.2, 0) is 6.42 Å². The third-order valence-electron chi connectivity index (χ3n) is 3.94. The number of hydrogen-bond donors (Lipinski definition) is 1. The number of rotatable bonds is 2. The van der Waals surface area contributed by atoms with Crippen molar-refractivity contribution < 1.29 is 9.47 Å². The molecule has 1 aromatic heterocycles. The van der Waals surface area contributed by atoms with Crippen molar-refractivity contribution in [1.82, 2.24) is 14.8 Å². The number of aryl methyl sites for hydroxylation is 1. The van der Waals surface area contributed by atoms with E-state index in [2.05, 4.69) is 34.5 Å². The van der Waals surface area contributed by atoms with Crippen LogP contribution in [0.25, 0.3) is 0 Å². The van der Waals surface area contributed by atoms with Gasteiger partial charge >= 0.3 is 0 Å². The number of benzene rings is 1. The molecular weight excluding hydrogens is 268 g/mol. The summed E-state index contributed by atoms with van der Waals surface area (Å²) < 4.78 is 13.3. The quantitative estimate of drug-likeness (QED) is 0.915. The second-order valence-corrected chi connectivity index (χ2v) is 5.28. The van der Waals surface area contributed by atoms with Crippen molar-refractivity contribution in [2.45, 2.75) is 25.8 Å². The Balaban J connectivity index is 1.72. The van der Waals surface area contributed by atoms with Gasteiger partial charge < -0.3 is 14.8 Å². The smallest absolute Gasteiger partial charge is 0.221 e. The minimum atomic E-state index is 0.199. The lowest BCUT2D eigenvalue weighted by Gasteiger charge is -2.26. The number of nitrogens with one attached hydrogen (secondary N) is 1. The summed E-state index contributed by atoms with van der Waals surface area (Å²) >= 11 is 0. The molecule has 0 amide bonds. The molecule has 0 aliphatic carbocycles. The summed E-state index contributed by atoms with van der Waals surface area (Å²) in [4.78, 5) is 4.52. The Morgan fingerprint density at radius 3 is 3.00 bits per heavy atom. The predicted molar refractivity (Wildman–Crippen MR) is 78.1 cm³/mol. The fourth-order valence-electron chi connectivity index (χ4n) is 2.87. The standard InChI is InChI=1S/C15H18N4O2/c1-2-14-17-15-16-6-5-11(19(15)18-14)10-3-4-12-13(9-10)21-8-7-20-12/h3-4,9,11H,2,5-8H2,1H3,(H,16,17,18). The fraction of sp³-hybridized carbons (Fsp3) is 0.467. The van der Waals surface area contributed by atoms with E-state index >= 15 is 0 Å². The number of anilines is 1. The molecule has 2 aromatic rings. The number of ether oxygens (including phenoxy) is 2. The third kappa shape index (κ3) is 2.11. The van der Waals surface area contributed by atoms with Gasteiger partial charge in [0.1, 0.15) is 13.2 Å². The van der Waals surface area contributed by atoms with Crippen LogP contribution < -0.4 is 14.8 Å². The molecule has 6 heteroatoms. The predicted octanol–water partition coefficient (Wildman–Crippen LogP) is 2.02. The van der Waals surface area contributed by atoms with Crippen molar-refractivity contribution in [3.05, 3.63) is 29.6 Å². The van der Waals surface area contributed by atoms with Gasteiger partial charge in [0.2, 0.25) is 5.95 Å². The van der Waals surface area contributed by atoms with Gasteiger partial charge in [-0.05, 0) is 24.1 Å². The molecule has 0 radical (unpaired) electrons. The highest BCUT2D eigenvalue weighted by atomic mass is 16.6. The van der Waals surface area contributed by atoms with E-state index in [1.54, 1.807) is 0 Å². The van der Waals surface area contributed by atoms with Crippen molar-refractivity contribution in [1.29, 1.82) is 0 Å². The zero-order chi connectivity index (χ0) is 14.2. The highest BCUT2D eigenvalue weighted by Gasteiger charge is 2.25. The zero-order valence-electron chi connectivity index (χ0n) is 12.0. The number of fused-ring (bicyclic) bond motifs is 2. The van der Waals surface area contributed by atoms with Crippen LogP contribution in [0.5, 0.6) is 11.5 Å². The maximum Gasteiger partial charge on any atom is 0.221 e. The molecule has 4 rings (SSSR count). The molecule has 0 fully saturated rings. The summed E-state index contributed by atoms with van der Waals surface area (Å²) in [7, 11) is 0. The van der Waals surface area contributed by atoms with E-state index in [1.807, 2.05) is 10.7 Å². The first-order valence-corrected chi connectivity index (χ1v) is 7.44. The summed E-state index contributed by atoms with van der Waals surface area (Å²) in [5, 5.41) is 7.92. The van der Waals surface area contributed by atoms with Gasteiger partial charge in [0, 0.05) is 13.0 Å². The molecule has 0 spiro atoms. The molecule has 2 aliphatic rings. The normalized spacial score (nSPS) is 19.8. The molecule has 0 bridgehead atoms. The van der Waals surface area contributed by atoms with Crippen LogP contribution in [0.1, 0.15) is 30.8 Å². The van der Waals surface area contributed by atoms with E-state index in [-0.39, 0.29) is 6.04 Å². The molecule has 3 heterocycles. The molecule has 21 heavy (non-hydrogen) atoms. The van der Waals surface area contributed by atoms with Crippen molar-refractivity contribution in [3.63, 3.8) is 0 Å². The summed E-state index contributed by atoms with van der Waals surface area (Å²) in [5.74, 6) is 3.39. The van der Waals surface area contributed by atoms with Crippen molar-refractivity contribution in [2.75, 3.05) is 25.1 Å². The molecule has 2 aliphatic heterocycles. The van der Waals surface area contributed by atoms with Gasteiger partial charge in [-0.3, -0.25) is 0 Å². The second kappa shape index (κ2) is 4.95. The van der Waals surface area contributed by atoms with Crippen molar-refractivity contribution in [2.24, 2.45) is 0 Å². The van der Waals surface area contributed by atoms with Crippen LogP contribution in [0.3, 0.4) is 0 Å². The van der Waals surface area contributed by atoms with Crippen LogP contribution in [0, 0.1) is 0 Å². The van der Waals surface area contributed by atoms with Gasteiger partial charge in [0.25, 0.3) is 0 Å². The van der Waals surface area contributed by atoms with Gasteiger partial charge in [0.05, 0.1) is 6.04 Å². The molecule has 0 saturated carbocycles. The molecule has 1 N–H and O–H groups in total. The molecule has 1 unspecified atom stereocenters. The van der Waals surface area contributed by atoms with Gasteiger partial charge in [-0.25, -0.2) is 4.68 Å². The van der Waals surface area contributed by atoms with Gasteiger partial charge in [-0.15, -0.1) is 0 Å². The first-order valence-electron chi connectivity index (χ1n) is 7.44. The van der Waals surface area contributed by atoms with Crippen LogP contribution >= 0.6 is 0 Å². The first-order chi connectivity index (χ1) is 10.3. The lowest BCUT2D eigenvalue weighted by molar-refractivity contribution is 0.171. The fourth-order valence-corrected chi connectivity index (χ4v) is 2.87. The second-order valence-electron chi connectivity index (χ2n) is 5.28. The lowest BCUT2D eigenvalue weighted by Crippen LogP contribution is -2.25. The van der Waals surface area contributed by atoms with E-state index in [1.165, 1.54) is 5.56 Å². The zero-order valence-corrected chi connectivity index (χ0v) is 12.0. The lowest BCUT2D eigenvalue weighted by atomic mass is 10.0. The topological polar surface area (TPSA) is 61.2 Å². The SMILES string of the molecule is CCc1nc2n(n1)C(c1ccc3c(c1)OCCO3)CCN2. The Hall–Kier alpha value is -2.24. The van der Waals surface area contributed by atoms with E-state index < -0.39 is 0 Å². The van der Waals surface area contributed by atoms with Crippen LogP contribution in [-0.4, -0.2) is 34.5 Å². The first kappa shape index (κ1) is 12.5. The van der Waals surface area contributed by atoms with Crippen molar-refractivity contribution in [3.8, 4) is 11.5 Å². The summed E-state index contributed by atoms with van der Waals surface area (Å²) in [6, 6.07) is 6.36. The van der Waals surface area contributed by atoms with Gasteiger partial charge in [-0.1, -0.05) is 13.0 Å². The third-order valence-corrected chi connectivity index (χ3v) is 3.94. The van der Waals surface area contributed by atoms with E-state index in [4.69, 9.17) is 9.47 Å². The Kier molecular flexibility index (Phi) is 2.94. The van der Waals surface area contributed by atoms with E-state index in [0.29, 0.717) is 13.2 Å². The molecule has 110 valence electrons. The number of aromatic nitrogens is 3. The van der Waals surface area contributed by atoms with Gasteiger partial charge in [0.15, 0.2) is 17.3 Å². The molecule has 0 saturated heterocycles. The molecule has 1 aromatic carbocycles. The minimum Gasteiger partial charge on any atom is -0.486 e. The van der Waals surface area contributed by atoms with Gasteiger partial charge in [-0.2, -0.15) is 10.1 Å². The highest BCUT2D eigenvalue weighted by molar-refractivity contribution is 5.45. The summed E-state index contributed by atoms with van der Waals surface area (Å²) in [5.41, 5.74) is 1.19. The molecule has 6 nitrogen and oxygen atoms in total.